The van der Waals surface area contributed by atoms with Gasteiger partial charge in [0.15, 0.2) is 0 Å². The molecule has 0 fully saturated rings. The summed E-state index contributed by atoms with van der Waals surface area (Å²) in [5.41, 5.74) is 4.78. The Kier molecular flexibility index (Phi) is 4.90. The maximum Gasteiger partial charge on any atom is 0.224 e. The minimum absolute atomic E-state index is 0.244. The summed E-state index contributed by atoms with van der Waals surface area (Å²) in [5.74, 6) is -0.244. The van der Waals surface area contributed by atoms with E-state index >= 15 is 0 Å². The van der Waals surface area contributed by atoms with Crippen LogP contribution in [-0.2, 0) is 4.79 Å². The molecule has 0 atom stereocenters. The van der Waals surface area contributed by atoms with Crippen LogP contribution in [0.15, 0.2) is 0 Å². The maximum absolute atomic E-state index is 10.9. The molecule has 3 nitrogen and oxygen atoms in total. The highest BCUT2D eigenvalue weighted by Gasteiger charge is 2.23. The average Bonchev–Trinajstić information content (AvgIpc) is 1.98. The molecular formula is C9H20N2O. The summed E-state index contributed by atoms with van der Waals surface area (Å²) in [6, 6.07) is 0. The monoisotopic (exact) mass is 172 g/mol. The standard InChI is InChI=1S/C9H20N2O/c1-4-5-6-11-7-9(2,3)8(10)12/h11H,4-7H2,1-3H3,(H2,10,12). The SMILES string of the molecule is CCCCNCC(C)(C)C(N)=O. The van der Waals surface area contributed by atoms with E-state index in [1.165, 1.54) is 6.42 Å². The van der Waals surface area contributed by atoms with Crippen LogP contribution in [0, 0.1) is 5.41 Å². The summed E-state index contributed by atoms with van der Waals surface area (Å²) >= 11 is 0. The molecule has 12 heavy (non-hydrogen) atoms. The molecule has 0 heterocycles. The minimum atomic E-state index is -0.423. The van der Waals surface area contributed by atoms with Gasteiger partial charge in [-0.05, 0) is 26.8 Å². The second kappa shape index (κ2) is 5.14. The molecule has 0 radical (unpaired) electrons. The second-order valence-corrected chi connectivity index (χ2v) is 3.78. The molecule has 0 bridgehead atoms. The largest absolute Gasteiger partial charge is 0.369 e. The highest BCUT2D eigenvalue weighted by molar-refractivity contribution is 5.80. The van der Waals surface area contributed by atoms with Gasteiger partial charge in [0.2, 0.25) is 5.91 Å². The molecule has 0 aliphatic heterocycles. The van der Waals surface area contributed by atoms with E-state index in [0.29, 0.717) is 6.54 Å². The van der Waals surface area contributed by atoms with Gasteiger partial charge < -0.3 is 11.1 Å². The van der Waals surface area contributed by atoms with Crippen molar-refractivity contribution in [3.05, 3.63) is 0 Å². The van der Waals surface area contributed by atoms with Crippen LogP contribution in [0.1, 0.15) is 33.6 Å². The van der Waals surface area contributed by atoms with Gasteiger partial charge in [0.25, 0.3) is 0 Å². The first-order valence-corrected chi connectivity index (χ1v) is 4.51. The van der Waals surface area contributed by atoms with Crippen LogP contribution in [0.4, 0.5) is 0 Å². The summed E-state index contributed by atoms with van der Waals surface area (Å²) < 4.78 is 0. The zero-order chi connectivity index (χ0) is 9.61. The molecule has 3 heteroatoms. The molecule has 0 saturated carbocycles. The molecule has 0 unspecified atom stereocenters. The van der Waals surface area contributed by atoms with Gasteiger partial charge in [-0.2, -0.15) is 0 Å². The molecule has 72 valence electrons. The van der Waals surface area contributed by atoms with Crippen LogP contribution in [0.2, 0.25) is 0 Å². The molecule has 0 spiro atoms. The fraction of sp³-hybridized carbons (Fsp3) is 0.889. The Morgan fingerprint density at radius 2 is 2.08 bits per heavy atom. The molecule has 0 aliphatic rings. The smallest absolute Gasteiger partial charge is 0.224 e. The highest BCUT2D eigenvalue weighted by Crippen LogP contribution is 2.11. The topological polar surface area (TPSA) is 55.1 Å². The summed E-state index contributed by atoms with van der Waals surface area (Å²) in [6.07, 6.45) is 2.32. The van der Waals surface area contributed by atoms with E-state index < -0.39 is 5.41 Å². The van der Waals surface area contributed by atoms with Crippen molar-refractivity contribution in [3.8, 4) is 0 Å². The van der Waals surface area contributed by atoms with Crippen LogP contribution >= 0.6 is 0 Å². The third-order valence-corrected chi connectivity index (χ3v) is 1.94. The Morgan fingerprint density at radius 3 is 2.50 bits per heavy atom. The number of hydrogen-bond donors (Lipinski definition) is 2. The lowest BCUT2D eigenvalue weighted by Crippen LogP contribution is -2.40. The first-order valence-electron chi connectivity index (χ1n) is 4.51. The number of carbonyl (C=O) groups is 1. The van der Waals surface area contributed by atoms with E-state index in [1.54, 1.807) is 0 Å². The van der Waals surface area contributed by atoms with Crippen molar-refractivity contribution in [1.29, 1.82) is 0 Å². The van der Waals surface area contributed by atoms with E-state index in [2.05, 4.69) is 12.2 Å². The number of nitrogens with two attached hydrogens (primary N) is 1. The van der Waals surface area contributed by atoms with Gasteiger partial charge in [0, 0.05) is 6.54 Å². The van der Waals surface area contributed by atoms with Crippen LogP contribution in [0.3, 0.4) is 0 Å². The van der Waals surface area contributed by atoms with Gasteiger partial charge in [-0.3, -0.25) is 4.79 Å². The predicted octanol–water partition coefficient (Wildman–Crippen LogP) is 0.888. The lowest BCUT2D eigenvalue weighted by molar-refractivity contribution is -0.125. The number of nitrogens with one attached hydrogen (secondary N) is 1. The molecule has 0 saturated heterocycles. The Bertz CT molecular complexity index is 143. The lowest BCUT2D eigenvalue weighted by Gasteiger charge is -2.20. The van der Waals surface area contributed by atoms with Crippen molar-refractivity contribution < 1.29 is 4.79 Å². The van der Waals surface area contributed by atoms with Gasteiger partial charge in [-0.25, -0.2) is 0 Å². The predicted molar refractivity (Wildman–Crippen MR) is 50.8 cm³/mol. The van der Waals surface area contributed by atoms with Crippen LogP contribution < -0.4 is 11.1 Å². The van der Waals surface area contributed by atoms with Crippen LogP contribution in [0.25, 0.3) is 0 Å². The van der Waals surface area contributed by atoms with E-state index in [0.717, 1.165) is 13.0 Å². The summed E-state index contributed by atoms with van der Waals surface area (Å²) in [6.45, 7) is 7.49. The number of amides is 1. The fourth-order valence-electron chi connectivity index (χ4n) is 0.790. The van der Waals surface area contributed by atoms with Gasteiger partial charge >= 0.3 is 0 Å². The number of primary amides is 1. The number of rotatable bonds is 6. The Balaban J connectivity index is 3.54. The van der Waals surface area contributed by atoms with Crippen molar-refractivity contribution in [2.24, 2.45) is 11.1 Å². The number of hydrogen-bond acceptors (Lipinski definition) is 2. The highest BCUT2D eigenvalue weighted by atomic mass is 16.1. The van der Waals surface area contributed by atoms with E-state index in [9.17, 15) is 4.79 Å². The van der Waals surface area contributed by atoms with Gasteiger partial charge in [-0.1, -0.05) is 13.3 Å². The minimum Gasteiger partial charge on any atom is -0.369 e. The zero-order valence-electron chi connectivity index (χ0n) is 8.31. The summed E-state index contributed by atoms with van der Waals surface area (Å²) in [5, 5.41) is 3.21. The van der Waals surface area contributed by atoms with Crippen molar-refractivity contribution in [2.75, 3.05) is 13.1 Å². The molecule has 3 N–H and O–H groups in total. The van der Waals surface area contributed by atoms with E-state index in [1.807, 2.05) is 13.8 Å². The average molecular weight is 172 g/mol. The molecule has 1 amide bonds. The van der Waals surface area contributed by atoms with Crippen molar-refractivity contribution in [3.63, 3.8) is 0 Å². The first kappa shape index (κ1) is 11.4. The number of carbonyl (C=O) groups excluding carboxylic acids is 1. The number of unbranched alkanes of at least 4 members (excludes halogenated alkanes) is 1. The Hall–Kier alpha value is -0.570. The third kappa shape index (κ3) is 4.34. The van der Waals surface area contributed by atoms with Gasteiger partial charge in [-0.15, -0.1) is 0 Å². The van der Waals surface area contributed by atoms with Crippen LogP contribution in [0.5, 0.6) is 0 Å². The Morgan fingerprint density at radius 1 is 1.50 bits per heavy atom. The molecule has 0 rings (SSSR count). The maximum atomic E-state index is 10.9. The Labute approximate surface area is 74.7 Å². The molecule has 0 aliphatic carbocycles. The molecule has 0 aromatic heterocycles. The van der Waals surface area contributed by atoms with E-state index in [-0.39, 0.29) is 5.91 Å². The first-order chi connectivity index (χ1) is 5.50. The normalized spacial score (nSPS) is 11.6. The van der Waals surface area contributed by atoms with Crippen molar-refractivity contribution in [1.82, 2.24) is 5.32 Å². The third-order valence-electron chi connectivity index (χ3n) is 1.94. The van der Waals surface area contributed by atoms with Gasteiger partial charge in [0.1, 0.15) is 0 Å². The zero-order valence-corrected chi connectivity index (χ0v) is 8.31. The van der Waals surface area contributed by atoms with Crippen molar-refractivity contribution in [2.45, 2.75) is 33.6 Å². The lowest BCUT2D eigenvalue weighted by atomic mass is 9.93. The molecular weight excluding hydrogens is 152 g/mol. The van der Waals surface area contributed by atoms with E-state index in [4.69, 9.17) is 5.73 Å². The second-order valence-electron chi connectivity index (χ2n) is 3.78. The van der Waals surface area contributed by atoms with Gasteiger partial charge in [0.05, 0.1) is 5.41 Å². The summed E-state index contributed by atoms with van der Waals surface area (Å²) in [4.78, 5) is 10.9. The molecule has 0 aromatic carbocycles. The van der Waals surface area contributed by atoms with Crippen LogP contribution in [-0.4, -0.2) is 19.0 Å². The molecule has 0 aromatic rings. The van der Waals surface area contributed by atoms with Crippen molar-refractivity contribution >= 4 is 5.91 Å². The quantitative estimate of drug-likeness (QED) is 0.584. The fourth-order valence-corrected chi connectivity index (χ4v) is 0.790. The summed E-state index contributed by atoms with van der Waals surface area (Å²) in [7, 11) is 0.